The van der Waals surface area contributed by atoms with E-state index in [2.05, 4.69) is 12.2 Å². The number of rotatable bonds is 8. The lowest BCUT2D eigenvalue weighted by molar-refractivity contribution is 0.120. The van der Waals surface area contributed by atoms with Crippen LogP contribution in [0.25, 0.3) is 0 Å². The molecule has 0 radical (unpaired) electrons. The zero-order valence-corrected chi connectivity index (χ0v) is 11.4. The van der Waals surface area contributed by atoms with Crippen molar-refractivity contribution >= 4 is 0 Å². The summed E-state index contributed by atoms with van der Waals surface area (Å²) in [6.45, 7) is 5.79. The number of nitrogens with one attached hydrogen (secondary N) is 1. The summed E-state index contributed by atoms with van der Waals surface area (Å²) >= 11 is 0. The van der Waals surface area contributed by atoms with Crippen LogP contribution >= 0.6 is 0 Å². The van der Waals surface area contributed by atoms with Gasteiger partial charge in [0, 0.05) is 12.1 Å². The highest BCUT2D eigenvalue weighted by molar-refractivity contribution is 5.46. The quantitative estimate of drug-likeness (QED) is 0.695. The van der Waals surface area contributed by atoms with Crippen molar-refractivity contribution in [2.75, 3.05) is 20.3 Å². The SMILES string of the molecule is CCCNCc1cccc(OC)c1OCC(C)O. The fourth-order valence-electron chi connectivity index (χ4n) is 1.63. The maximum absolute atomic E-state index is 9.30. The summed E-state index contributed by atoms with van der Waals surface area (Å²) in [4.78, 5) is 0. The predicted octanol–water partition coefficient (Wildman–Crippen LogP) is 1.95. The smallest absolute Gasteiger partial charge is 0.165 e. The Morgan fingerprint density at radius 3 is 2.78 bits per heavy atom. The Kier molecular flexibility index (Phi) is 6.54. The van der Waals surface area contributed by atoms with Crippen LogP contribution in [0.3, 0.4) is 0 Å². The molecule has 0 spiro atoms. The number of benzene rings is 1. The molecule has 1 atom stereocenters. The van der Waals surface area contributed by atoms with Gasteiger partial charge in [-0.05, 0) is 26.0 Å². The minimum Gasteiger partial charge on any atom is -0.493 e. The first-order valence-corrected chi connectivity index (χ1v) is 6.36. The number of hydrogen-bond donors (Lipinski definition) is 2. The third kappa shape index (κ3) is 4.55. The molecule has 0 aliphatic rings. The number of methoxy groups -OCH3 is 1. The van der Waals surface area contributed by atoms with Crippen molar-refractivity contribution in [2.24, 2.45) is 0 Å². The molecule has 0 amide bonds. The standard InChI is InChI=1S/C14H23NO3/c1-4-8-15-9-12-6-5-7-13(17-3)14(12)18-10-11(2)16/h5-7,11,15-16H,4,8-10H2,1-3H3. The van der Waals surface area contributed by atoms with Gasteiger partial charge in [0.1, 0.15) is 6.61 Å². The van der Waals surface area contributed by atoms with Gasteiger partial charge in [0.25, 0.3) is 0 Å². The molecule has 1 rings (SSSR count). The van der Waals surface area contributed by atoms with Crippen molar-refractivity contribution in [2.45, 2.75) is 32.9 Å². The first-order valence-electron chi connectivity index (χ1n) is 6.36. The van der Waals surface area contributed by atoms with Crippen molar-refractivity contribution in [3.05, 3.63) is 23.8 Å². The molecule has 102 valence electrons. The zero-order chi connectivity index (χ0) is 13.4. The van der Waals surface area contributed by atoms with E-state index in [0.29, 0.717) is 11.5 Å². The molecule has 18 heavy (non-hydrogen) atoms. The second-order valence-corrected chi connectivity index (χ2v) is 4.29. The first kappa shape index (κ1) is 14.8. The Labute approximate surface area is 109 Å². The van der Waals surface area contributed by atoms with E-state index in [1.54, 1.807) is 14.0 Å². The molecule has 0 aliphatic carbocycles. The van der Waals surface area contributed by atoms with Crippen LogP contribution in [-0.2, 0) is 6.54 Å². The van der Waals surface area contributed by atoms with E-state index in [1.165, 1.54) is 0 Å². The van der Waals surface area contributed by atoms with E-state index in [9.17, 15) is 5.11 Å². The van der Waals surface area contributed by atoms with Crippen LogP contribution < -0.4 is 14.8 Å². The van der Waals surface area contributed by atoms with Gasteiger partial charge in [0.15, 0.2) is 11.5 Å². The highest BCUT2D eigenvalue weighted by Crippen LogP contribution is 2.31. The molecule has 0 aliphatic heterocycles. The Bertz CT molecular complexity index is 353. The normalized spacial score (nSPS) is 12.2. The van der Waals surface area contributed by atoms with Gasteiger partial charge in [-0.25, -0.2) is 0 Å². The monoisotopic (exact) mass is 253 g/mol. The van der Waals surface area contributed by atoms with Crippen molar-refractivity contribution in [1.29, 1.82) is 0 Å². The third-order valence-corrected chi connectivity index (χ3v) is 2.49. The van der Waals surface area contributed by atoms with E-state index in [4.69, 9.17) is 9.47 Å². The molecule has 2 N–H and O–H groups in total. The number of para-hydroxylation sites is 1. The van der Waals surface area contributed by atoms with Crippen LogP contribution in [0.2, 0.25) is 0 Å². The molecule has 1 aromatic rings. The third-order valence-electron chi connectivity index (χ3n) is 2.49. The Morgan fingerprint density at radius 1 is 1.39 bits per heavy atom. The van der Waals surface area contributed by atoms with Crippen LogP contribution in [0.4, 0.5) is 0 Å². The largest absolute Gasteiger partial charge is 0.493 e. The summed E-state index contributed by atoms with van der Waals surface area (Å²) in [5, 5.41) is 12.6. The maximum Gasteiger partial charge on any atom is 0.165 e. The van der Waals surface area contributed by atoms with Gasteiger partial charge in [-0.1, -0.05) is 19.1 Å². The van der Waals surface area contributed by atoms with E-state index < -0.39 is 6.10 Å². The van der Waals surface area contributed by atoms with Crippen LogP contribution in [0.15, 0.2) is 18.2 Å². The second-order valence-electron chi connectivity index (χ2n) is 4.29. The van der Waals surface area contributed by atoms with Crippen LogP contribution in [-0.4, -0.2) is 31.5 Å². The molecule has 1 unspecified atom stereocenters. The highest BCUT2D eigenvalue weighted by atomic mass is 16.5. The highest BCUT2D eigenvalue weighted by Gasteiger charge is 2.11. The van der Waals surface area contributed by atoms with Gasteiger partial charge in [-0.15, -0.1) is 0 Å². The van der Waals surface area contributed by atoms with Crippen molar-refractivity contribution in [1.82, 2.24) is 5.32 Å². The van der Waals surface area contributed by atoms with Crippen LogP contribution in [0, 0.1) is 0 Å². The Balaban J connectivity index is 2.79. The van der Waals surface area contributed by atoms with Gasteiger partial charge in [-0.2, -0.15) is 0 Å². The molecule has 4 heteroatoms. The minimum absolute atomic E-state index is 0.265. The Morgan fingerprint density at radius 2 is 2.17 bits per heavy atom. The molecule has 0 aromatic heterocycles. The van der Waals surface area contributed by atoms with E-state index in [-0.39, 0.29) is 6.61 Å². The Hall–Kier alpha value is -1.26. The first-order chi connectivity index (χ1) is 8.69. The number of aliphatic hydroxyl groups excluding tert-OH is 1. The van der Waals surface area contributed by atoms with Gasteiger partial charge >= 0.3 is 0 Å². The average molecular weight is 253 g/mol. The second kappa shape index (κ2) is 7.95. The molecule has 0 saturated carbocycles. The number of hydrogen-bond acceptors (Lipinski definition) is 4. The molecule has 0 fully saturated rings. The molecule has 4 nitrogen and oxygen atoms in total. The van der Waals surface area contributed by atoms with Crippen molar-refractivity contribution in [3.8, 4) is 11.5 Å². The lowest BCUT2D eigenvalue weighted by Crippen LogP contribution is -2.17. The van der Waals surface area contributed by atoms with Gasteiger partial charge in [0.05, 0.1) is 13.2 Å². The van der Waals surface area contributed by atoms with E-state index in [1.807, 2.05) is 18.2 Å². The zero-order valence-electron chi connectivity index (χ0n) is 11.4. The molecule has 0 heterocycles. The summed E-state index contributed by atoms with van der Waals surface area (Å²) in [5.74, 6) is 1.41. The lowest BCUT2D eigenvalue weighted by atomic mass is 10.2. The van der Waals surface area contributed by atoms with Crippen molar-refractivity contribution < 1.29 is 14.6 Å². The molecule has 1 aromatic carbocycles. The average Bonchev–Trinajstić information content (AvgIpc) is 2.37. The van der Waals surface area contributed by atoms with Gasteiger partial charge < -0.3 is 19.9 Å². The topological polar surface area (TPSA) is 50.7 Å². The molecular formula is C14H23NO3. The van der Waals surface area contributed by atoms with E-state index >= 15 is 0 Å². The molecule has 0 bridgehead atoms. The lowest BCUT2D eigenvalue weighted by Gasteiger charge is -2.16. The van der Waals surface area contributed by atoms with Crippen LogP contribution in [0.1, 0.15) is 25.8 Å². The van der Waals surface area contributed by atoms with Crippen LogP contribution in [0.5, 0.6) is 11.5 Å². The summed E-state index contributed by atoms with van der Waals surface area (Å²) in [6, 6.07) is 5.81. The van der Waals surface area contributed by atoms with E-state index in [0.717, 1.165) is 25.1 Å². The maximum atomic E-state index is 9.30. The summed E-state index contributed by atoms with van der Waals surface area (Å²) in [5.41, 5.74) is 1.04. The van der Waals surface area contributed by atoms with Gasteiger partial charge in [-0.3, -0.25) is 0 Å². The summed E-state index contributed by atoms with van der Waals surface area (Å²) in [6.07, 6.45) is 0.597. The van der Waals surface area contributed by atoms with Crippen molar-refractivity contribution in [3.63, 3.8) is 0 Å². The fraction of sp³-hybridized carbons (Fsp3) is 0.571. The van der Waals surface area contributed by atoms with Gasteiger partial charge in [0.2, 0.25) is 0 Å². The molecular weight excluding hydrogens is 230 g/mol. The summed E-state index contributed by atoms with van der Waals surface area (Å²) in [7, 11) is 1.62. The molecule has 0 saturated heterocycles. The number of ether oxygens (including phenoxy) is 2. The predicted molar refractivity (Wildman–Crippen MR) is 72.2 cm³/mol. The minimum atomic E-state index is -0.494. The fourth-order valence-corrected chi connectivity index (χ4v) is 1.63. The summed E-state index contributed by atoms with van der Waals surface area (Å²) < 4.78 is 10.9. The number of aliphatic hydroxyl groups is 1.